The molecule has 1 atom stereocenters. The number of nitrogens with zero attached hydrogens (tertiary/aromatic N) is 2. The first kappa shape index (κ1) is 19.3. The molecule has 0 aromatic heterocycles. The summed E-state index contributed by atoms with van der Waals surface area (Å²) in [5.41, 5.74) is 0.173. The van der Waals surface area contributed by atoms with E-state index in [2.05, 4.69) is 45.4 Å². The molecule has 5 heteroatoms. The van der Waals surface area contributed by atoms with Crippen LogP contribution in [0.5, 0.6) is 0 Å². The van der Waals surface area contributed by atoms with Gasteiger partial charge in [0.15, 0.2) is 0 Å². The van der Waals surface area contributed by atoms with Crippen LogP contribution in [0.2, 0.25) is 0 Å². The van der Waals surface area contributed by atoms with Gasteiger partial charge in [-0.05, 0) is 51.3 Å². The molecule has 2 heterocycles. The van der Waals surface area contributed by atoms with Gasteiger partial charge in [-0.1, -0.05) is 36.8 Å². The van der Waals surface area contributed by atoms with Gasteiger partial charge in [-0.15, -0.1) is 0 Å². The lowest BCUT2D eigenvalue weighted by Crippen LogP contribution is -2.53. The second kappa shape index (κ2) is 8.98. The largest absolute Gasteiger partial charge is 0.380 e. The van der Waals surface area contributed by atoms with Gasteiger partial charge in [0.2, 0.25) is 0 Å². The van der Waals surface area contributed by atoms with Gasteiger partial charge in [0.25, 0.3) is 5.91 Å². The van der Waals surface area contributed by atoms with Crippen LogP contribution in [-0.2, 0) is 11.3 Å². The summed E-state index contributed by atoms with van der Waals surface area (Å²) >= 11 is 0. The molecule has 2 aliphatic heterocycles. The standard InChI is InChI=1S/C21H33N3O2/c1-23-15-11-21(26,12-16-23)20(25)22-13-10-19-9-5-6-14-24(19)17-18-7-3-2-4-8-18/h2-4,7-8,19,26H,5-6,9-17H2,1H3,(H,22,25)/t19-/m0/s1. The molecule has 3 rings (SSSR count). The van der Waals surface area contributed by atoms with E-state index in [9.17, 15) is 9.90 Å². The van der Waals surface area contributed by atoms with E-state index in [4.69, 9.17) is 0 Å². The van der Waals surface area contributed by atoms with E-state index in [0.717, 1.165) is 32.6 Å². The summed E-state index contributed by atoms with van der Waals surface area (Å²) in [5.74, 6) is -0.184. The molecule has 0 bridgehead atoms. The molecule has 0 saturated carbocycles. The zero-order chi connectivity index (χ0) is 18.4. The molecule has 2 saturated heterocycles. The average Bonchev–Trinajstić information content (AvgIpc) is 2.66. The van der Waals surface area contributed by atoms with Crippen LogP contribution in [-0.4, -0.2) is 65.7 Å². The maximum atomic E-state index is 12.4. The van der Waals surface area contributed by atoms with E-state index in [1.54, 1.807) is 0 Å². The summed E-state index contributed by atoms with van der Waals surface area (Å²) in [6.07, 6.45) is 5.72. The predicted octanol–water partition coefficient (Wildman–Crippen LogP) is 2.00. The minimum absolute atomic E-state index is 0.184. The lowest BCUT2D eigenvalue weighted by Gasteiger charge is -2.37. The van der Waals surface area contributed by atoms with Gasteiger partial charge >= 0.3 is 0 Å². The average molecular weight is 360 g/mol. The Morgan fingerprint density at radius 2 is 1.92 bits per heavy atom. The summed E-state index contributed by atoms with van der Waals surface area (Å²) in [6, 6.07) is 11.1. The summed E-state index contributed by atoms with van der Waals surface area (Å²) in [7, 11) is 2.03. The van der Waals surface area contributed by atoms with Crippen molar-refractivity contribution in [1.82, 2.24) is 15.1 Å². The van der Waals surface area contributed by atoms with Crippen molar-refractivity contribution in [2.24, 2.45) is 0 Å². The van der Waals surface area contributed by atoms with Gasteiger partial charge in [-0.25, -0.2) is 0 Å². The maximum absolute atomic E-state index is 12.4. The van der Waals surface area contributed by atoms with Crippen molar-refractivity contribution in [3.8, 4) is 0 Å². The second-order valence-corrected chi connectivity index (χ2v) is 7.99. The number of carbonyl (C=O) groups is 1. The third-order valence-corrected chi connectivity index (χ3v) is 5.98. The van der Waals surface area contributed by atoms with Crippen LogP contribution in [0, 0.1) is 0 Å². The number of likely N-dealkylation sites (tertiary alicyclic amines) is 2. The van der Waals surface area contributed by atoms with E-state index < -0.39 is 5.60 Å². The molecule has 0 aliphatic carbocycles. The highest BCUT2D eigenvalue weighted by molar-refractivity contribution is 5.85. The number of amides is 1. The van der Waals surface area contributed by atoms with Gasteiger partial charge in [0.1, 0.15) is 5.60 Å². The van der Waals surface area contributed by atoms with Gasteiger partial charge in [0, 0.05) is 32.2 Å². The molecule has 5 nitrogen and oxygen atoms in total. The third kappa shape index (κ3) is 5.06. The molecule has 26 heavy (non-hydrogen) atoms. The Morgan fingerprint density at radius 3 is 2.65 bits per heavy atom. The molecule has 0 radical (unpaired) electrons. The van der Waals surface area contributed by atoms with Crippen LogP contribution in [0.15, 0.2) is 30.3 Å². The van der Waals surface area contributed by atoms with Gasteiger partial charge < -0.3 is 15.3 Å². The molecule has 1 amide bonds. The molecular weight excluding hydrogens is 326 g/mol. The Labute approximate surface area is 157 Å². The van der Waals surface area contributed by atoms with Crippen molar-refractivity contribution in [2.75, 3.05) is 33.2 Å². The topological polar surface area (TPSA) is 55.8 Å². The van der Waals surface area contributed by atoms with Crippen LogP contribution in [0.3, 0.4) is 0 Å². The Balaban J connectivity index is 1.47. The molecule has 0 unspecified atom stereocenters. The highest BCUT2D eigenvalue weighted by Gasteiger charge is 2.38. The van der Waals surface area contributed by atoms with E-state index in [-0.39, 0.29) is 5.91 Å². The normalized spacial score (nSPS) is 24.3. The predicted molar refractivity (Wildman–Crippen MR) is 104 cm³/mol. The van der Waals surface area contributed by atoms with Crippen molar-refractivity contribution in [3.05, 3.63) is 35.9 Å². The molecule has 2 fully saturated rings. The Kier molecular flexibility index (Phi) is 6.68. The zero-order valence-electron chi connectivity index (χ0n) is 16.0. The van der Waals surface area contributed by atoms with Crippen LogP contribution in [0.25, 0.3) is 0 Å². The highest BCUT2D eigenvalue weighted by Crippen LogP contribution is 2.23. The molecule has 1 aromatic rings. The SMILES string of the molecule is CN1CCC(O)(C(=O)NCC[C@@H]2CCCCN2Cc2ccccc2)CC1. The number of hydrogen-bond acceptors (Lipinski definition) is 4. The Hall–Kier alpha value is -1.43. The van der Waals surface area contributed by atoms with Crippen molar-refractivity contribution in [2.45, 2.75) is 56.7 Å². The molecule has 2 aliphatic rings. The number of nitrogens with one attached hydrogen (secondary N) is 1. The monoisotopic (exact) mass is 359 g/mol. The number of hydrogen-bond donors (Lipinski definition) is 2. The first-order valence-electron chi connectivity index (χ1n) is 10.0. The quantitative estimate of drug-likeness (QED) is 0.816. The molecule has 2 N–H and O–H groups in total. The van der Waals surface area contributed by atoms with E-state index in [0.29, 0.717) is 25.4 Å². The van der Waals surface area contributed by atoms with Gasteiger partial charge in [-0.3, -0.25) is 9.69 Å². The molecule has 144 valence electrons. The smallest absolute Gasteiger partial charge is 0.252 e. The van der Waals surface area contributed by atoms with Gasteiger partial charge in [0.05, 0.1) is 0 Å². The lowest BCUT2D eigenvalue weighted by atomic mass is 9.90. The first-order valence-corrected chi connectivity index (χ1v) is 10.0. The Morgan fingerprint density at radius 1 is 1.19 bits per heavy atom. The Bertz CT molecular complexity index is 570. The summed E-state index contributed by atoms with van der Waals surface area (Å²) < 4.78 is 0. The summed E-state index contributed by atoms with van der Waals surface area (Å²) in [4.78, 5) is 17.2. The van der Waals surface area contributed by atoms with Crippen molar-refractivity contribution in [3.63, 3.8) is 0 Å². The highest BCUT2D eigenvalue weighted by atomic mass is 16.3. The van der Waals surface area contributed by atoms with Crippen LogP contribution in [0.4, 0.5) is 0 Å². The first-order chi connectivity index (χ1) is 12.6. The number of piperidine rings is 2. The van der Waals surface area contributed by atoms with Crippen molar-refractivity contribution < 1.29 is 9.90 Å². The fourth-order valence-corrected chi connectivity index (χ4v) is 4.15. The van der Waals surface area contributed by atoms with Crippen molar-refractivity contribution >= 4 is 5.91 Å². The molecular formula is C21H33N3O2. The van der Waals surface area contributed by atoms with E-state index in [1.807, 2.05) is 7.05 Å². The third-order valence-electron chi connectivity index (χ3n) is 5.98. The summed E-state index contributed by atoms with van der Waals surface area (Å²) in [5, 5.41) is 13.6. The number of benzene rings is 1. The number of aliphatic hydroxyl groups is 1. The molecule has 0 spiro atoms. The minimum Gasteiger partial charge on any atom is -0.380 e. The van der Waals surface area contributed by atoms with E-state index >= 15 is 0 Å². The van der Waals surface area contributed by atoms with Crippen LogP contribution in [0.1, 0.15) is 44.1 Å². The van der Waals surface area contributed by atoms with E-state index in [1.165, 1.54) is 24.8 Å². The van der Waals surface area contributed by atoms with Gasteiger partial charge in [-0.2, -0.15) is 0 Å². The fraction of sp³-hybridized carbons (Fsp3) is 0.667. The summed E-state index contributed by atoms with van der Waals surface area (Å²) in [6.45, 7) is 4.31. The second-order valence-electron chi connectivity index (χ2n) is 7.99. The number of rotatable bonds is 6. The minimum atomic E-state index is -1.18. The maximum Gasteiger partial charge on any atom is 0.252 e. The zero-order valence-corrected chi connectivity index (χ0v) is 16.0. The van der Waals surface area contributed by atoms with Crippen LogP contribution < -0.4 is 5.32 Å². The van der Waals surface area contributed by atoms with Crippen molar-refractivity contribution in [1.29, 1.82) is 0 Å². The molecule has 1 aromatic carbocycles. The fourth-order valence-electron chi connectivity index (χ4n) is 4.15. The number of carbonyl (C=O) groups excluding carboxylic acids is 1. The van der Waals surface area contributed by atoms with Crippen LogP contribution >= 0.6 is 0 Å². The lowest BCUT2D eigenvalue weighted by molar-refractivity contribution is -0.144.